The number of aromatic nitrogens is 2. The smallest absolute Gasteiger partial charge is 0.382 e. The van der Waals surface area contributed by atoms with Crippen molar-refractivity contribution in [3.05, 3.63) is 51.8 Å². The SMILES string of the molecule is Cc1cc(C(F)(F)F)nn1CCCNC(=O)C1CC(c2cccc(Br)c2)=NO1. The number of hydrogen-bond donors (Lipinski definition) is 1. The Labute approximate surface area is 167 Å². The Morgan fingerprint density at radius 1 is 1.39 bits per heavy atom. The Balaban J connectivity index is 1.44. The van der Waals surface area contributed by atoms with Crippen molar-refractivity contribution in [2.45, 2.75) is 38.6 Å². The molecule has 1 unspecified atom stereocenters. The second-order valence-corrected chi connectivity index (χ2v) is 7.30. The molecule has 28 heavy (non-hydrogen) atoms. The minimum atomic E-state index is -4.46. The van der Waals surface area contributed by atoms with Gasteiger partial charge in [0.1, 0.15) is 0 Å². The Morgan fingerprint density at radius 3 is 2.86 bits per heavy atom. The quantitative estimate of drug-likeness (QED) is 0.671. The molecule has 1 aromatic carbocycles. The number of alkyl halides is 3. The molecule has 1 aliphatic heterocycles. The van der Waals surface area contributed by atoms with Crippen LogP contribution in [0.4, 0.5) is 13.2 Å². The van der Waals surface area contributed by atoms with Crippen LogP contribution in [0.25, 0.3) is 0 Å². The predicted octanol–water partition coefficient (Wildman–Crippen LogP) is 3.67. The van der Waals surface area contributed by atoms with Crippen LogP contribution in [0.1, 0.15) is 29.8 Å². The van der Waals surface area contributed by atoms with Gasteiger partial charge in [0.15, 0.2) is 5.69 Å². The first-order valence-electron chi connectivity index (χ1n) is 8.62. The van der Waals surface area contributed by atoms with Crippen LogP contribution < -0.4 is 5.32 Å². The summed E-state index contributed by atoms with van der Waals surface area (Å²) in [7, 11) is 0. The molecular weight excluding hydrogens is 441 g/mol. The summed E-state index contributed by atoms with van der Waals surface area (Å²) in [5.74, 6) is -0.304. The average Bonchev–Trinajstić information content (AvgIpc) is 3.25. The number of benzene rings is 1. The van der Waals surface area contributed by atoms with E-state index in [0.717, 1.165) is 16.1 Å². The Bertz CT molecular complexity index is 895. The predicted molar refractivity (Wildman–Crippen MR) is 99.8 cm³/mol. The van der Waals surface area contributed by atoms with Gasteiger partial charge in [-0.05, 0) is 31.5 Å². The normalized spacial score (nSPS) is 16.6. The van der Waals surface area contributed by atoms with Crippen LogP contribution in [0.5, 0.6) is 0 Å². The molecule has 2 aromatic rings. The Kier molecular flexibility index (Phi) is 6.07. The van der Waals surface area contributed by atoms with Crippen molar-refractivity contribution >= 4 is 27.5 Å². The van der Waals surface area contributed by atoms with Gasteiger partial charge in [0.2, 0.25) is 6.10 Å². The highest BCUT2D eigenvalue weighted by atomic mass is 79.9. The van der Waals surface area contributed by atoms with Crippen LogP contribution >= 0.6 is 15.9 Å². The second-order valence-electron chi connectivity index (χ2n) is 6.38. The molecule has 0 aliphatic carbocycles. The van der Waals surface area contributed by atoms with Gasteiger partial charge in [0, 0.05) is 35.2 Å². The zero-order chi connectivity index (χ0) is 20.3. The summed E-state index contributed by atoms with van der Waals surface area (Å²) in [6.07, 6.45) is -4.37. The third-order valence-electron chi connectivity index (χ3n) is 4.24. The summed E-state index contributed by atoms with van der Waals surface area (Å²) in [6.45, 7) is 2.13. The molecule has 150 valence electrons. The molecule has 0 saturated carbocycles. The molecule has 6 nitrogen and oxygen atoms in total. The molecule has 0 saturated heterocycles. The van der Waals surface area contributed by atoms with Crippen molar-refractivity contribution < 1.29 is 22.8 Å². The van der Waals surface area contributed by atoms with Gasteiger partial charge in [-0.25, -0.2) is 0 Å². The highest BCUT2D eigenvalue weighted by molar-refractivity contribution is 9.10. The van der Waals surface area contributed by atoms with E-state index in [-0.39, 0.29) is 12.5 Å². The fraction of sp³-hybridized carbons (Fsp3) is 0.389. The number of carbonyl (C=O) groups is 1. The molecule has 1 aliphatic rings. The van der Waals surface area contributed by atoms with E-state index in [0.29, 0.717) is 30.8 Å². The minimum Gasteiger partial charge on any atom is -0.382 e. The number of rotatable bonds is 6. The number of carbonyl (C=O) groups excluding carboxylic acids is 1. The van der Waals surface area contributed by atoms with E-state index in [1.54, 1.807) is 6.92 Å². The highest BCUT2D eigenvalue weighted by Crippen LogP contribution is 2.28. The van der Waals surface area contributed by atoms with Gasteiger partial charge in [-0.1, -0.05) is 33.2 Å². The van der Waals surface area contributed by atoms with E-state index in [1.807, 2.05) is 24.3 Å². The van der Waals surface area contributed by atoms with E-state index < -0.39 is 18.0 Å². The van der Waals surface area contributed by atoms with Gasteiger partial charge < -0.3 is 10.2 Å². The molecule has 0 spiro atoms. The van der Waals surface area contributed by atoms with Crippen molar-refractivity contribution in [2.75, 3.05) is 6.54 Å². The van der Waals surface area contributed by atoms with E-state index >= 15 is 0 Å². The fourth-order valence-electron chi connectivity index (χ4n) is 2.79. The van der Waals surface area contributed by atoms with Gasteiger partial charge in [-0.15, -0.1) is 0 Å². The first-order valence-corrected chi connectivity index (χ1v) is 9.41. The van der Waals surface area contributed by atoms with E-state index in [2.05, 4.69) is 31.5 Å². The van der Waals surface area contributed by atoms with Crippen LogP contribution in [0.3, 0.4) is 0 Å². The summed E-state index contributed by atoms with van der Waals surface area (Å²) >= 11 is 3.39. The van der Waals surface area contributed by atoms with Gasteiger partial charge in [0.25, 0.3) is 5.91 Å². The molecule has 1 amide bonds. The zero-order valence-electron chi connectivity index (χ0n) is 15.0. The van der Waals surface area contributed by atoms with Gasteiger partial charge in [-0.3, -0.25) is 9.48 Å². The molecular formula is C18H18BrF3N4O2. The van der Waals surface area contributed by atoms with Gasteiger partial charge in [0.05, 0.1) is 5.71 Å². The lowest BCUT2D eigenvalue weighted by Crippen LogP contribution is -2.35. The highest BCUT2D eigenvalue weighted by Gasteiger charge is 2.34. The molecule has 1 aromatic heterocycles. The monoisotopic (exact) mass is 458 g/mol. The van der Waals surface area contributed by atoms with Crippen molar-refractivity contribution in [2.24, 2.45) is 5.16 Å². The number of nitrogens with one attached hydrogen (secondary N) is 1. The molecule has 0 radical (unpaired) electrons. The molecule has 2 heterocycles. The lowest BCUT2D eigenvalue weighted by atomic mass is 10.0. The summed E-state index contributed by atoms with van der Waals surface area (Å²) in [4.78, 5) is 17.4. The maximum Gasteiger partial charge on any atom is 0.435 e. The number of oxime groups is 1. The summed E-state index contributed by atoms with van der Waals surface area (Å²) in [6, 6.07) is 8.55. The third-order valence-corrected chi connectivity index (χ3v) is 4.73. The van der Waals surface area contributed by atoms with E-state index in [4.69, 9.17) is 4.84 Å². The van der Waals surface area contributed by atoms with Crippen LogP contribution in [-0.4, -0.2) is 34.0 Å². The number of hydrogen-bond acceptors (Lipinski definition) is 4. The van der Waals surface area contributed by atoms with E-state index in [1.165, 1.54) is 4.68 Å². The van der Waals surface area contributed by atoms with Crippen LogP contribution in [0.2, 0.25) is 0 Å². The second kappa shape index (κ2) is 8.34. The lowest BCUT2D eigenvalue weighted by Gasteiger charge is -2.10. The van der Waals surface area contributed by atoms with Crippen LogP contribution in [-0.2, 0) is 22.4 Å². The molecule has 3 rings (SSSR count). The molecule has 0 fully saturated rings. The summed E-state index contributed by atoms with van der Waals surface area (Å²) < 4.78 is 40.2. The number of amides is 1. The van der Waals surface area contributed by atoms with Gasteiger partial charge in [-0.2, -0.15) is 18.3 Å². The molecule has 1 N–H and O–H groups in total. The molecule has 0 bridgehead atoms. The Morgan fingerprint density at radius 2 is 2.18 bits per heavy atom. The number of nitrogens with zero attached hydrogens (tertiary/aromatic N) is 3. The van der Waals surface area contributed by atoms with Gasteiger partial charge >= 0.3 is 6.18 Å². The first-order chi connectivity index (χ1) is 13.2. The summed E-state index contributed by atoms with van der Waals surface area (Å²) in [5.41, 5.74) is 1.07. The summed E-state index contributed by atoms with van der Waals surface area (Å²) in [5, 5.41) is 10.3. The molecule has 1 atom stereocenters. The molecule has 10 heteroatoms. The third kappa shape index (κ3) is 4.92. The maximum absolute atomic E-state index is 12.7. The zero-order valence-corrected chi connectivity index (χ0v) is 16.5. The fourth-order valence-corrected chi connectivity index (χ4v) is 3.19. The Hall–Kier alpha value is -2.36. The average molecular weight is 459 g/mol. The number of aryl methyl sites for hydroxylation is 2. The van der Waals surface area contributed by atoms with Crippen molar-refractivity contribution in [3.63, 3.8) is 0 Å². The first kappa shape index (κ1) is 20.4. The van der Waals surface area contributed by atoms with Crippen molar-refractivity contribution in [1.29, 1.82) is 0 Å². The minimum absolute atomic E-state index is 0.271. The van der Waals surface area contributed by atoms with E-state index in [9.17, 15) is 18.0 Å². The maximum atomic E-state index is 12.7. The topological polar surface area (TPSA) is 68.5 Å². The lowest BCUT2D eigenvalue weighted by molar-refractivity contribution is -0.141. The largest absolute Gasteiger partial charge is 0.435 e. The van der Waals surface area contributed by atoms with Crippen molar-refractivity contribution in [3.8, 4) is 0 Å². The van der Waals surface area contributed by atoms with Crippen LogP contribution in [0.15, 0.2) is 40.0 Å². The number of halogens is 4. The van der Waals surface area contributed by atoms with Crippen LogP contribution in [0, 0.1) is 6.92 Å². The van der Waals surface area contributed by atoms with Crippen molar-refractivity contribution in [1.82, 2.24) is 15.1 Å². The standard InChI is InChI=1S/C18H18BrF3N4O2/c1-11-8-16(18(20,21)22)24-26(11)7-3-6-23-17(27)15-10-14(25-28-15)12-4-2-5-13(19)9-12/h2,4-5,8-9,15H,3,6-7,10H2,1H3,(H,23,27).